The predicted octanol–water partition coefficient (Wildman–Crippen LogP) is 3.09. The topological polar surface area (TPSA) is 17.8 Å². The van der Waals surface area contributed by atoms with Gasteiger partial charge in [0.2, 0.25) is 0 Å². The van der Waals surface area contributed by atoms with E-state index in [-0.39, 0.29) is 12.4 Å². The maximum absolute atomic E-state index is 4.16. The van der Waals surface area contributed by atoms with Crippen molar-refractivity contribution in [2.45, 2.75) is 27.3 Å². The minimum Gasteiger partial charge on any atom is -0.344 e. The van der Waals surface area contributed by atoms with Crippen LogP contribution in [0.4, 0.5) is 0 Å². The van der Waals surface area contributed by atoms with Crippen LogP contribution in [0.15, 0.2) is 18.5 Å². The molecule has 0 fully saturated rings. The van der Waals surface area contributed by atoms with Gasteiger partial charge >= 0.3 is 0 Å². The standard InChI is InChI=1S/C11H14N2.ClH/c1-4-13-9(3)8(2)10-5-6-12-7-11(10)13;/h5-7H,4H2,1-3H3;1H. The average Bonchev–Trinajstić information content (AvgIpc) is 2.41. The van der Waals surface area contributed by atoms with E-state index >= 15 is 0 Å². The van der Waals surface area contributed by atoms with Gasteiger partial charge in [-0.05, 0) is 32.4 Å². The van der Waals surface area contributed by atoms with Crippen LogP contribution in [0.2, 0.25) is 0 Å². The van der Waals surface area contributed by atoms with Crippen molar-refractivity contribution < 1.29 is 0 Å². The zero-order chi connectivity index (χ0) is 9.42. The molecule has 0 N–H and O–H groups in total. The Morgan fingerprint density at radius 2 is 2.07 bits per heavy atom. The molecule has 2 aromatic heterocycles. The van der Waals surface area contributed by atoms with Crippen LogP contribution < -0.4 is 0 Å². The molecule has 0 bridgehead atoms. The third-order valence-electron chi connectivity index (χ3n) is 2.76. The van der Waals surface area contributed by atoms with Gasteiger partial charge in [0.05, 0.1) is 11.7 Å². The lowest BCUT2D eigenvalue weighted by molar-refractivity contribution is 0.765. The largest absolute Gasteiger partial charge is 0.344 e. The Labute approximate surface area is 90.4 Å². The van der Waals surface area contributed by atoms with E-state index in [0.29, 0.717) is 0 Å². The first-order chi connectivity index (χ1) is 6.25. The van der Waals surface area contributed by atoms with E-state index in [4.69, 9.17) is 0 Å². The molecule has 0 spiro atoms. The zero-order valence-electron chi connectivity index (χ0n) is 8.74. The first-order valence-corrected chi connectivity index (χ1v) is 4.65. The summed E-state index contributed by atoms with van der Waals surface area (Å²) in [7, 11) is 0. The molecule has 0 amide bonds. The third-order valence-corrected chi connectivity index (χ3v) is 2.76. The van der Waals surface area contributed by atoms with E-state index in [1.54, 1.807) is 0 Å². The van der Waals surface area contributed by atoms with Crippen LogP contribution in [0.1, 0.15) is 18.2 Å². The van der Waals surface area contributed by atoms with E-state index in [0.717, 1.165) is 6.54 Å². The van der Waals surface area contributed by atoms with Crippen molar-refractivity contribution in [3.8, 4) is 0 Å². The van der Waals surface area contributed by atoms with Crippen molar-refractivity contribution in [1.82, 2.24) is 9.55 Å². The van der Waals surface area contributed by atoms with Crippen LogP contribution in [0.25, 0.3) is 10.9 Å². The Balaban J connectivity index is 0.000000980. The fourth-order valence-electron chi connectivity index (χ4n) is 1.90. The number of rotatable bonds is 1. The average molecular weight is 211 g/mol. The maximum atomic E-state index is 4.16. The summed E-state index contributed by atoms with van der Waals surface area (Å²) in [5.41, 5.74) is 3.98. The Morgan fingerprint density at radius 1 is 1.36 bits per heavy atom. The van der Waals surface area contributed by atoms with E-state index in [1.807, 2.05) is 12.4 Å². The van der Waals surface area contributed by atoms with Gasteiger partial charge < -0.3 is 4.57 Å². The maximum Gasteiger partial charge on any atom is 0.0671 e. The van der Waals surface area contributed by atoms with E-state index < -0.39 is 0 Å². The normalized spacial score (nSPS) is 10.2. The third kappa shape index (κ3) is 1.40. The highest BCUT2D eigenvalue weighted by molar-refractivity contribution is 5.85. The van der Waals surface area contributed by atoms with E-state index in [9.17, 15) is 0 Å². The van der Waals surface area contributed by atoms with Gasteiger partial charge in [-0.1, -0.05) is 0 Å². The number of halogens is 1. The minimum atomic E-state index is 0. The second-order valence-corrected chi connectivity index (χ2v) is 3.35. The zero-order valence-corrected chi connectivity index (χ0v) is 9.56. The van der Waals surface area contributed by atoms with Gasteiger partial charge in [-0.3, -0.25) is 4.98 Å². The summed E-state index contributed by atoms with van der Waals surface area (Å²) in [5, 5.41) is 1.33. The van der Waals surface area contributed by atoms with Gasteiger partial charge in [0.25, 0.3) is 0 Å². The first-order valence-electron chi connectivity index (χ1n) is 4.65. The lowest BCUT2D eigenvalue weighted by Crippen LogP contribution is -1.96. The quantitative estimate of drug-likeness (QED) is 0.708. The van der Waals surface area contributed by atoms with Crippen molar-refractivity contribution in [2.24, 2.45) is 0 Å². The summed E-state index contributed by atoms with van der Waals surface area (Å²) in [6.45, 7) is 7.52. The van der Waals surface area contributed by atoms with Crippen molar-refractivity contribution in [3.63, 3.8) is 0 Å². The number of pyridine rings is 1. The van der Waals surface area contributed by atoms with Crippen molar-refractivity contribution in [3.05, 3.63) is 29.7 Å². The molecule has 2 aromatic rings. The fraction of sp³-hybridized carbons (Fsp3) is 0.364. The Hall–Kier alpha value is -1.02. The molecule has 2 heterocycles. The van der Waals surface area contributed by atoms with Crippen molar-refractivity contribution in [2.75, 3.05) is 0 Å². The summed E-state index contributed by atoms with van der Waals surface area (Å²) in [6, 6.07) is 2.09. The highest BCUT2D eigenvalue weighted by atomic mass is 35.5. The number of hydrogen-bond donors (Lipinski definition) is 0. The Kier molecular flexibility index (Phi) is 3.17. The molecule has 0 radical (unpaired) electrons. The molecule has 0 unspecified atom stereocenters. The highest BCUT2D eigenvalue weighted by Gasteiger charge is 2.08. The van der Waals surface area contributed by atoms with Gasteiger partial charge in [-0.15, -0.1) is 12.4 Å². The molecular formula is C11H15ClN2. The molecule has 0 aliphatic rings. The number of fused-ring (bicyclic) bond motifs is 1. The molecular weight excluding hydrogens is 196 g/mol. The molecule has 14 heavy (non-hydrogen) atoms. The fourth-order valence-corrected chi connectivity index (χ4v) is 1.90. The molecule has 0 aliphatic heterocycles. The van der Waals surface area contributed by atoms with E-state index in [1.165, 1.54) is 22.2 Å². The van der Waals surface area contributed by atoms with Gasteiger partial charge in [0.1, 0.15) is 0 Å². The van der Waals surface area contributed by atoms with Crippen molar-refractivity contribution in [1.29, 1.82) is 0 Å². The predicted molar refractivity (Wildman–Crippen MR) is 62.1 cm³/mol. The molecule has 0 atom stereocenters. The molecule has 2 rings (SSSR count). The van der Waals surface area contributed by atoms with Gasteiger partial charge in [-0.25, -0.2) is 0 Å². The minimum absolute atomic E-state index is 0. The summed E-state index contributed by atoms with van der Waals surface area (Å²) < 4.78 is 2.30. The summed E-state index contributed by atoms with van der Waals surface area (Å²) >= 11 is 0. The van der Waals surface area contributed by atoms with Gasteiger partial charge in [0, 0.05) is 23.8 Å². The van der Waals surface area contributed by atoms with Crippen LogP contribution >= 0.6 is 12.4 Å². The van der Waals surface area contributed by atoms with Gasteiger partial charge in [0.15, 0.2) is 0 Å². The van der Waals surface area contributed by atoms with Crippen LogP contribution in [0.3, 0.4) is 0 Å². The molecule has 76 valence electrons. The number of nitrogens with zero attached hydrogens (tertiary/aromatic N) is 2. The SMILES string of the molecule is CCn1c(C)c(C)c2ccncc21.Cl. The van der Waals surface area contributed by atoms with Crippen LogP contribution in [-0.4, -0.2) is 9.55 Å². The lowest BCUT2D eigenvalue weighted by Gasteiger charge is -2.02. The first kappa shape index (κ1) is 11.1. The number of hydrogen-bond acceptors (Lipinski definition) is 1. The highest BCUT2D eigenvalue weighted by Crippen LogP contribution is 2.23. The smallest absolute Gasteiger partial charge is 0.0671 e. The molecule has 3 heteroatoms. The monoisotopic (exact) mass is 210 g/mol. The molecule has 0 saturated carbocycles. The summed E-state index contributed by atoms with van der Waals surface area (Å²) in [4.78, 5) is 4.16. The Morgan fingerprint density at radius 3 is 2.71 bits per heavy atom. The second-order valence-electron chi connectivity index (χ2n) is 3.35. The molecule has 0 saturated heterocycles. The lowest BCUT2D eigenvalue weighted by atomic mass is 10.2. The van der Waals surface area contributed by atoms with E-state index in [2.05, 4.69) is 36.4 Å². The summed E-state index contributed by atoms with van der Waals surface area (Å²) in [6.07, 6.45) is 3.80. The van der Waals surface area contributed by atoms with Crippen LogP contribution in [-0.2, 0) is 6.54 Å². The van der Waals surface area contributed by atoms with Crippen LogP contribution in [0, 0.1) is 13.8 Å². The Bertz CT molecular complexity index is 446. The number of aromatic nitrogens is 2. The molecule has 0 aliphatic carbocycles. The number of aryl methyl sites for hydroxylation is 2. The summed E-state index contributed by atoms with van der Waals surface area (Å²) in [5.74, 6) is 0. The van der Waals surface area contributed by atoms with Crippen LogP contribution in [0.5, 0.6) is 0 Å². The van der Waals surface area contributed by atoms with Gasteiger partial charge in [-0.2, -0.15) is 0 Å². The molecule has 0 aromatic carbocycles. The molecule has 2 nitrogen and oxygen atoms in total. The van der Waals surface area contributed by atoms with Crippen molar-refractivity contribution >= 4 is 23.3 Å². The second kappa shape index (κ2) is 4.01.